The SMILES string of the molecule is CCC1CCNC(CC(=O)c2ccccc2C)C1. The molecule has 0 aromatic heterocycles. The van der Waals surface area contributed by atoms with Gasteiger partial charge in [0.1, 0.15) is 0 Å². The monoisotopic (exact) mass is 245 g/mol. The van der Waals surface area contributed by atoms with Crippen molar-refractivity contribution in [1.82, 2.24) is 5.32 Å². The van der Waals surface area contributed by atoms with Gasteiger partial charge in [-0.3, -0.25) is 4.79 Å². The van der Waals surface area contributed by atoms with E-state index in [-0.39, 0.29) is 5.78 Å². The van der Waals surface area contributed by atoms with Crippen molar-refractivity contribution in [3.8, 4) is 0 Å². The molecule has 2 rings (SSSR count). The average Bonchev–Trinajstić information content (AvgIpc) is 2.39. The van der Waals surface area contributed by atoms with Crippen molar-refractivity contribution in [3.05, 3.63) is 35.4 Å². The van der Waals surface area contributed by atoms with E-state index in [0.717, 1.165) is 30.0 Å². The first-order valence-electron chi connectivity index (χ1n) is 7.03. The summed E-state index contributed by atoms with van der Waals surface area (Å²) in [4.78, 5) is 12.3. The van der Waals surface area contributed by atoms with Crippen molar-refractivity contribution in [1.29, 1.82) is 0 Å². The number of piperidine rings is 1. The van der Waals surface area contributed by atoms with E-state index in [2.05, 4.69) is 12.2 Å². The molecule has 1 aliphatic rings. The van der Waals surface area contributed by atoms with Crippen molar-refractivity contribution in [3.63, 3.8) is 0 Å². The van der Waals surface area contributed by atoms with E-state index in [1.54, 1.807) is 0 Å². The van der Waals surface area contributed by atoms with E-state index in [1.165, 1.54) is 12.8 Å². The Kier molecular flexibility index (Phi) is 4.54. The minimum absolute atomic E-state index is 0.280. The van der Waals surface area contributed by atoms with Crippen molar-refractivity contribution in [2.75, 3.05) is 6.54 Å². The van der Waals surface area contributed by atoms with Gasteiger partial charge in [-0.2, -0.15) is 0 Å². The number of benzene rings is 1. The number of hydrogen-bond acceptors (Lipinski definition) is 2. The quantitative estimate of drug-likeness (QED) is 0.824. The normalized spacial score (nSPS) is 23.9. The van der Waals surface area contributed by atoms with Crippen LogP contribution in [-0.4, -0.2) is 18.4 Å². The molecular weight excluding hydrogens is 222 g/mol. The van der Waals surface area contributed by atoms with Gasteiger partial charge in [-0.25, -0.2) is 0 Å². The highest BCUT2D eigenvalue weighted by molar-refractivity contribution is 5.97. The molecule has 1 heterocycles. The smallest absolute Gasteiger partial charge is 0.164 e. The highest BCUT2D eigenvalue weighted by atomic mass is 16.1. The predicted octanol–water partition coefficient (Wildman–Crippen LogP) is 3.35. The zero-order valence-corrected chi connectivity index (χ0v) is 11.4. The molecule has 1 aliphatic heterocycles. The van der Waals surface area contributed by atoms with Crippen LogP contribution in [0.2, 0.25) is 0 Å². The second-order valence-corrected chi connectivity index (χ2v) is 5.39. The molecule has 0 aliphatic carbocycles. The maximum Gasteiger partial charge on any atom is 0.164 e. The third-order valence-electron chi connectivity index (χ3n) is 4.06. The van der Waals surface area contributed by atoms with Crippen LogP contribution >= 0.6 is 0 Å². The molecule has 2 atom stereocenters. The lowest BCUT2D eigenvalue weighted by Gasteiger charge is -2.29. The van der Waals surface area contributed by atoms with Gasteiger partial charge in [-0.05, 0) is 37.8 Å². The first-order chi connectivity index (χ1) is 8.70. The minimum Gasteiger partial charge on any atom is -0.314 e. The van der Waals surface area contributed by atoms with Crippen LogP contribution in [-0.2, 0) is 0 Å². The molecule has 1 aromatic rings. The molecule has 98 valence electrons. The average molecular weight is 245 g/mol. The molecule has 18 heavy (non-hydrogen) atoms. The zero-order valence-electron chi connectivity index (χ0n) is 11.4. The Morgan fingerprint density at radius 1 is 1.39 bits per heavy atom. The number of aryl methyl sites for hydroxylation is 1. The predicted molar refractivity (Wildman–Crippen MR) is 74.9 cm³/mol. The van der Waals surface area contributed by atoms with E-state index in [4.69, 9.17) is 0 Å². The molecule has 1 saturated heterocycles. The molecule has 0 saturated carbocycles. The highest BCUT2D eigenvalue weighted by Gasteiger charge is 2.23. The Labute approximate surface area is 110 Å². The Hall–Kier alpha value is -1.15. The topological polar surface area (TPSA) is 29.1 Å². The van der Waals surface area contributed by atoms with Crippen molar-refractivity contribution in [2.45, 2.75) is 45.6 Å². The zero-order chi connectivity index (χ0) is 13.0. The number of carbonyl (C=O) groups excluding carboxylic acids is 1. The second kappa shape index (κ2) is 6.14. The molecule has 1 N–H and O–H groups in total. The van der Waals surface area contributed by atoms with Gasteiger partial charge in [0.25, 0.3) is 0 Å². The molecule has 1 aromatic carbocycles. The number of nitrogens with one attached hydrogen (secondary N) is 1. The van der Waals surface area contributed by atoms with Gasteiger partial charge < -0.3 is 5.32 Å². The fourth-order valence-electron chi connectivity index (χ4n) is 2.84. The Morgan fingerprint density at radius 2 is 2.17 bits per heavy atom. The second-order valence-electron chi connectivity index (χ2n) is 5.39. The first-order valence-corrected chi connectivity index (χ1v) is 7.03. The largest absolute Gasteiger partial charge is 0.314 e. The number of ketones is 1. The maximum atomic E-state index is 12.3. The van der Waals surface area contributed by atoms with E-state index in [9.17, 15) is 4.79 Å². The summed E-state index contributed by atoms with van der Waals surface area (Å²) in [6.45, 7) is 5.32. The van der Waals surface area contributed by atoms with Crippen LogP contribution in [0.5, 0.6) is 0 Å². The number of hydrogen-bond donors (Lipinski definition) is 1. The van der Waals surface area contributed by atoms with Crippen molar-refractivity contribution in [2.24, 2.45) is 5.92 Å². The van der Waals surface area contributed by atoms with Crippen LogP contribution in [0.1, 0.15) is 48.5 Å². The lowest BCUT2D eigenvalue weighted by atomic mass is 9.87. The maximum absolute atomic E-state index is 12.3. The molecule has 2 heteroatoms. The van der Waals surface area contributed by atoms with Crippen LogP contribution < -0.4 is 5.32 Å². The van der Waals surface area contributed by atoms with Gasteiger partial charge >= 0.3 is 0 Å². The van der Waals surface area contributed by atoms with Crippen molar-refractivity contribution >= 4 is 5.78 Å². The van der Waals surface area contributed by atoms with Gasteiger partial charge in [-0.15, -0.1) is 0 Å². The molecular formula is C16H23NO. The summed E-state index contributed by atoms with van der Waals surface area (Å²) < 4.78 is 0. The summed E-state index contributed by atoms with van der Waals surface area (Å²) in [6, 6.07) is 8.26. The fraction of sp³-hybridized carbons (Fsp3) is 0.562. The molecule has 0 amide bonds. The Balaban J connectivity index is 1.97. The summed E-state index contributed by atoms with van der Waals surface area (Å²) in [6.07, 6.45) is 4.28. The van der Waals surface area contributed by atoms with E-state index < -0.39 is 0 Å². The van der Waals surface area contributed by atoms with Gasteiger partial charge in [0, 0.05) is 18.0 Å². The van der Waals surface area contributed by atoms with E-state index in [0.29, 0.717) is 12.5 Å². The highest BCUT2D eigenvalue weighted by Crippen LogP contribution is 2.22. The third-order valence-corrected chi connectivity index (χ3v) is 4.06. The summed E-state index contributed by atoms with van der Waals surface area (Å²) in [5.74, 6) is 1.07. The molecule has 0 spiro atoms. The van der Waals surface area contributed by atoms with Crippen LogP contribution in [0.25, 0.3) is 0 Å². The fourth-order valence-corrected chi connectivity index (χ4v) is 2.84. The van der Waals surface area contributed by atoms with Gasteiger partial charge in [0.05, 0.1) is 0 Å². The van der Waals surface area contributed by atoms with E-state index >= 15 is 0 Å². The lowest BCUT2D eigenvalue weighted by Crippen LogP contribution is -2.39. The number of Topliss-reactive ketones (excluding diaryl/α,β-unsaturated/α-hetero) is 1. The number of carbonyl (C=O) groups is 1. The molecule has 1 fully saturated rings. The van der Waals surface area contributed by atoms with Crippen LogP contribution in [0.15, 0.2) is 24.3 Å². The van der Waals surface area contributed by atoms with E-state index in [1.807, 2.05) is 31.2 Å². The molecule has 0 radical (unpaired) electrons. The summed E-state index contributed by atoms with van der Waals surface area (Å²) >= 11 is 0. The van der Waals surface area contributed by atoms with Crippen molar-refractivity contribution < 1.29 is 4.79 Å². The minimum atomic E-state index is 0.280. The lowest BCUT2D eigenvalue weighted by molar-refractivity contribution is 0.0956. The van der Waals surface area contributed by atoms with Gasteiger partial charge in [0.2, 0.25) is 0 Å². The third kappa shape index (κ3) is 3.20. The Bertz CT molecular complexity index is 413. The molecule has 0 bridgehead atoms. The Morgan fingerprint density at radius 3 is 2.89 bits per heavy atom. The summed E-state index contributed by atoms with van der Waals surface area (Å²) in [7, 11) is 0. The van der Waals surface area contributed by atoms with Crippen LogP contribution in [0, 0.1) is 12.8 Å². The molecule has 2 unspecified atom stereocenters. The standard InChI is InChI=1S/C16H23NO/c1-3-13-8-9-17-14(10-13)11-16(18)15-7-5-4-6-12(15)2/h4-7,13-14,17H,3,8-11H2,1-2H3. The van der Waals surface area contributed by atoms with Gasteiger partial charge in [-0.1, -0.05) is 37.6 Å². The first kappa shape index (κ1) is 13.3. The van der Waals surface area contributed by atoms with Gasteiger partial charge in [0.15, 0.2) is 5.78 Å². The number of rotatable bonds is 4. The summed E-state index contributed by atoms with van der Waals surface area (Å²) in [5.41, 5.74) is 1.98. The van der Waals surface area contributed by atoms with Crippen LogP contribution in [0.4, 0.5) is 0 Å². The van der Waals surface area contributed by atoms with Crippen LogP contribution in [0.3, 0.4) is 0 Å². The summed E-state index contributed by atoms with van der Waals surface area (Å²) in [5, 5.41) is 3.48. The molecule has 2 nitrogen and oxygen atoms in total.